The molecule has 0 amide bonds. The molecule has 4 rings (SSSR count). The number of aryl methyl sites for hydroxylation is 1. The molecule has 0 saturated carbocycles. The molecule has 0 unspecified atom stereocenters. The molecule has 1 aliphatic carbocycles. The number of rotatable bonds is 2. The third-order valence-corrected chi connectivity index (χ3v) is 4.21. The van der Waals surface area contributed by atoms with E-state index in [1.165, 1.54) is 28.9 Å². The van der Waals surface area contributed by atoms with Crippen molar-refractivity contribution in [3.8, 4) is 11.5 Å². The van der Waals surface area contributed by atoms with Gasteiger partial charge in [-0.15, -0.1) is 5.10 Å². The molecule has 3 aromatic rings. The Bertz CT molecular complexity index is 1050. The molecule has 1 aliphatic rings. The Hall–Kier alpha value is -3.55. The van der Waals surface area contributed by atoms with Gasteiger partial charge in [-0.2, -0.15) is 0 Å². The van der Waals surface area contributed by atoms with Crippen LogP contribution in [0.1, 0.15) is 43.2 Å². The summed E-state index contributed by atoms with van der Waals surface area (Å²) in [4.78, 5) is 25.4. The number of phenolic OH excluding ortho intramolecular Hbond substituents is 2. The summed E-state index contributed by atoms with van der Waals surface area (Å²) in [5.41, 5.74) is 0.614. The van der Waals surface area contributed by atoms with Gasteiger partial charge in [0.25, 0.3) is 0 Å². The van der Waals surface area contributed by atoms with Gasteiger partial charge in [-0.05, 0) is 41.1 Å². The average Bonchev–Trinajstić information content (AvgIpc) is 2.97. The van der Waals surface area contributed by atoms with Crippen LogP contribution in [0.2, 0.25) is 0 Å². The lowest BCUT2D eigenvalue weighted by molar-refractivity contribution is 0.0974. The van der Waals surface area contributed by atoms with E-state index in [0.29, 0.717) is 11.4 Å². The van der Waals surface area contributed by atoms with E-state index in [1.807, 2.05) is 0 Å². The topological polar surface area (TPSA) is 118 Å². The first-order valence-electron chi connectivity index (χ1n) is 7.47. The minimum atomic E-state index is -0.578. The summed E-state index contributed by atoms with van der Waals surface area (Å²) in [6.07, 6.45) is 0. The number of fused-ring (bicyclic) bond motifs is 2. The highest BCUT2D eigenvalue weighted by molar-refractivity contribution is 6.30. The maximum Gasteiger partial charge on any atom is 0.201 e. The number of nitrogens with zero attached hydrogens (tertiary/aromatic N) is 4. The van der Waals surface area contributed by atoms with E-state index in [2.05, 4.69) is 15.5 Å². The Balaban J connectivity index is 1.86. The third-order valence-electron chi connectivity index (χ3n) is 4.21. The lowest BCUT2D eigenvalue weighted by atomic mass is 9.82. The molecule has 0 aliphatic heterocycles. The van der Waals surface area contributed by atoms with Crippen molar-refractivity contribution in [2.24, 2.45) is 0 Å². The monoisotopic (exact) mass is 336 g/mol. The summed E-state index contributed by atoms with van der Waals surface area (Å²) >= 11 is 0. The molecular formula is C17H12N4O4. The smallest absolute Gasteiger partial charge is 0.201 e. The molecular weight excluding hydrogens is 324 g/mol. The van der Waals surface area contributed by atoms with Crippen molar-refractivity contribution in [1.29, 1.82) is 0 Å². The fraction of sp³-hybridized carbons (Fsp3) is 0.118. The second kappa shape index (κ2) is 5.23. The highest BCUT2D eigenvalue weighted by Crippen LogP contribution is 2.37. The predicted octanol–water partition coefficient (Wildman–Crippen LogP) is 1.22. The summed E-state index contributed by atoms with van der Waals surface area (Å²) in [6.45, 7) is 1.97. The molecule has 0 atom stereocenters. The number of phenols is 2. The molecule has 0 spiro atoms. The van der Waals surface area contributed by atoms with Crippen LogP contribution in [0.5, 0.6) is 11.5 Å². The number of ketones is 2. The van der Waals surface area contributed by atoms with Gasteiger partial charge in [0.15, 0.2) is 5.78 Å². The van der Waals surface area contributed by atoms with E-state index in [9.17, 15) is 19.8 Å². The summed E-state index contributed by atoms with van der Waals surface area (Å²) in [6, 6.07) is 7.26. The number of hydrogen-bond donors (Lipinski definition) is 2. The fourth-order valence-corrected chi connectivity index (χ4v) is 3.00. The van der Waals surface area contributed by atoms with Gasteiger partial charge >= 0.3 is 0 Å². The van der Waals surface area contributed by atoms with Gasteiger partial charge in [-0.1, -0.05) is 12.1 Å². The normalized spacial score (nSPS) is 12.8. The molecule has 25 heavy (non-hydrogen) atoms. The predicted molar refractivity (Wildman–Crippen MR) is 84.7 cm³/mol. The second-order valence-electron chi connectivity index (χ2n) is 5.78. The van der Waals surface area contributed by atoms with Crippen LogP contribution in [0, 0.1) is 6.92 Å². The van der Waals surface area contributed by atoms with Gasteiger partial charge in [-0.3, -0.25) is 9.59 Å². The Morgan fingerprint density at radius 2 is 1.76 bits per heavy atom. The van der Waals surface area contributed by atoms with Crippen molar-refractivity contribution in [2.45, 2.75) is 13.5 Å². The molecule has 1 heterocycles. The van der Waals surface area contributed by atoms with Crippen molar-refractivity contribution < 1.29 is 19.8 Å². The molecule has 8 nitrogen and oxygen atoms in total. The third kappa shape index (κ3) is 2.18. The van der Waals surface area contributed by atoms with E-state index < -0.39 is 11.6 Å². The van der Waals surface area contributed by atoms with E-state index in [0.717, 1.165) is 0 Å². The Labute approximate surface area is 141 Å². The number of aromatic hydroxyl groups is 2. The quantitative estimate of drug-likeness (QED) is 0.565. The molecule has 0 saturated heterocycles. The number of aromatic nitrogens is 4. The first kappa shape index (κ1) is 15.0. The van der Waals surface area contributed by atoms with Crippen molar-refractivity contribution in [3.63, 3.8) is 0 Å². The minimum Gasteiger partial charge on any atom is -0.507 e. The SMILES string of the molecule is Cc1nnnn1Cc1cc(O)c2c(c1)C(=O)c1cccc(O)c1C2=O. The van der Waals surface area contributed by atoms with Gasteiger partial charge in [0, 0.05) is 11.1 Å². The molecule has 0 bridgehead atoms. The van der Waals surface area contributed by atoms with Crippen molar-refractivity contribution in [1.82, 2.24) is 20.2 Å². The van der Waals surface area contributed by atoms with Gasteiger partial charge in [0.05, 0.1) is 17.7 Å². The first-order chi connectivity index (χ1) is 12.0. The van der Waals surface area contributed by atoms with Gasteiger partial charge in [0.1, 0.15) is 17.3 Å². The first-order valence-corrected chi connectivity index (χ1v) is 7.47. The number of carbonyl (C=O) groups excluding carboxylic acids is 2. The minimum absolute atomic E-state index is 0.0839. The highest BCUT2D eigenvalue weighted by Gasteiger charge is 2.34. The molecule has 0 fully saturated rings. The van der Waals surface area contributed by atoms with E-state index in [-0.39, 0.29) is 40.3 Å². The zero-order valence-electron chi connectivity index (χ0n) is 13.1. The maximum atomic E-state index is 12.8. The molecule has 0 radical (unpaired) electrons. The standard InChI is InChI=1S/C17H12N4O4/c1-8-18-19-20-21(8)7-9-5-11-15(13(23)6-9)17(25)14-10(16(11)24)3-2-4-12(14)22/h2-6,22-23H,7H2,1H3. The number of benzene rings is 2. The zero-order chi connectivity index (χ0) is 17.7. The average molecular weight is 336 g/mol. The van der Waals surface area contributed by atoms with Crippen LogP contribution in [0.25, 0.3) is 0 Å². The van der Waals surface area contributed by atoms with E-state index >= 15 is 0 Å². The Morgan fingerprint density at radius 3 is 2.48 bits per heavy atom. The van der Waals surface area contributed by atoms with Gasteiger partial charge < -0.3 is 10.2 Å². The van der Waals surface area contributed by atoms with E-state index in [1.54, 1.807) is 13.0 Å². The van der Waals surface area contributed by atoms with Crippen molar-refractivity contribution >= 4 is 11.6 Å². The molecule has 8 heteroatoms. The summed E-state index contributed by atoms with van der Waals surface area (Å²) < 4.78 is 1.51. The highest BCUT2D eigenvalue weighted by atomic mass is 16.3. The Morgan fingerprint density at radius 1 is 1.00 bits per heavy atom. The summed E-state index contributed by atoms with van der Waals surface area (Å²) in [5.74, 6) is -1.02. The molecule has 2 aromatic carbocycles. The van der Waals surface area contributed by atoms with Gasteiger partial charge in [0.2, 0.25) is 5.78 Å². The number of tetrazole rings is 1. The fourth-order valence-electron chi connectivity index (χ4n) is 3.00. The van der Waals surface area contributed by atoms with Crippen LogP contribution in [-0.4, -0.2) is 42.0 Å². The van der Waals surface area contributed by atoms with E-state index in [4.69, 9.17) is 0 Å². The van der Waals surface area contributed by atoms with Crippen LogP contribution in [0.4, 0.5) is 0 Å². The van der Waals surface area contributed by atoms with Crippen molar-refractivity contribution in [3.05, 3.63) is 64.0 Å². The lowest BCUT2D eigenvalue weighted by Crippen LogP contribution is -2.21. The lowest BCUT2D eigenvalue weighted by Gasteiger charge is -2.20. The number of hydrogen-bond acceptors (Lipinski definition) is 7. The van der Waals surface area contributed by atoms with Crippen LogP contribution in [0.3, 0.4) is 0 Å². The second-order valence-corrected chi connectivity index (χ2v) is 5.78. The molecule has 2 N–H and O–H groups in total. The van der Waals surface area contributed by atoms with Gasteiger partial charge in [-0.25, -0.2) is 4.68 Å². The largest absolute Gasteiger partial charge is 0.507 e. The van der Waals surface area contributed by atoms with Crippen LogP contribution >= 0.6 is 0 Å². The Kier molecular flexibility index (Phi) is 3.14. The summed E-state index contributed by atoms with van der Waals surface area (Å²) in [7, 11) is 0. The van der Waals surface area contributed by atoms with Crippen LogP contribution in [-0.2, 0) is 6.54 Å². The van der Waals surface area contributed by atoms with Crippen LogP contribution in [0.15, 0.2) is 30.3 Å². The maximum absolute atomic E-state index is 12.8. The zero-order valence-corrected chi connectivity index (χ0v) is 13.1. The van der Waals surface area contributed by atoms with Crippen molar-refractivity contribution in [2.75, 3.05) is 0 Å². The molecule has 1 aromatic heterocycles. The van der Waals surface area contributed by atoms with Crippen LogP contribution < -0.4 is 0 Å². The summed E-state index contributed by atoms with van der Waals surface area (Å²) in [5, 5.41) is 31.4. The molecule has 124 valence electrons. The number of carbonyl (C=O) groups is 2.